The number of aryl methyl sites for hydroxylation is 1. The molecule has 1 heterocycles. The second-order valence-electron chi connectivity index (χ2n) is 12.6. The van der Waals surface area contributed by atoms with Crippen molar-refractivity contribution >= 4 is 17.8 Å². The Labute approximate surface area is 290 Å². The molecule has 1 N–H and O–H groups in total. The molecule has 1 aliphatic rings. The van der Waals surface area contributed by atoms with Crippen molar-refractivity contribution in [3.05, 3.63) is 63.7 Å². The smallest absolute Gasteiger partial charge is 0.419 e. The van der Waals surface area contributed by atoms with Gasteiger partial charge in [-0.05, 0) is 75.3 Å². The Kier molecular flexibility index (Phi) is 13.3. The molecule has 1 unspecified atom stereocenters. The van der Waals surface area contributed by atoms with Crippen LogP contribution in [0.3, 0.4) is 0 Å². The molecule has 0 aliphatic carbocycles. The van der Waals surface area contributed by atoms with Gasteiger partial charge in [-0.25, -0.2) is 13.8 Å². The Hall–Kier alpha value is -4.21. The van der Waals surface area contributed by atoms with Crippen LogP contribution in [0, 0.1) is 31.4 Å². The fraction of sp³-hybridized carbons (Fsp3) is 0.514. The van der Waals surface area contributed by atoms with Crippen LogP contribution >= 0.6 is 0 Å². The van der Waals surface area contributed by atoms with E-state index in [1.165, 1.54) is 45.0 Å². The fourth-order valence-corrected chi connectivity index (χ4v) is 5.80. The summed E-state index contributed by atoms with van der Waals surface area (Å²) in [5, 5.41) is 4.40. The number of carbonyl (C=O) groups is 3. The van der Waals surface area contributed by atoms with Crippen LogP contribution in [0.25, 0.3) is 11.1 Å². The molecular weight excluding hydrogens is 694 g/mol. The van der Waals surface area contributed by atoms with Gasteiger partial charge in [0.15, 0.2) is 0 Å². The molecule has 1 aliphatic heterocycles. The lowest BCUT2D eigenvalue weighted by atomic mass is 9.88. The number of benzene rings is 2. The highest BCUT2D eigenvalue weighted by Gasteiger charge is 2.42. The Bertz CT molecular complexity index is 1650. The van der Waals surface area contributed by atoms with E-state index in [0.717, 1.165) is 5.01 Å². The predicted molar refractivity (Wildman–Crippen MR) is 171 cm³/mol. The third-order valence-electron chi connectivity index (χ3n) is 8.44. The first-order valence-electron chi connectivity index (χ1n) is 16.2. The SMILES string of the molecule is CCOC(=O)C[C@H](NC(=O)C(CC(C)C)N(C(=O)/C=C(\C)C(F)(F)F)N1CCC1)c1c(F)c(-c2c(C)ccc(OC)c2C)cc(C(F)(F)F)c1F. The Morgan fingerprint density at radius 2 is 1.67 bits per heavy atom. The first-order chi connectivity index (χ1) is 23.6. The predicted octanol–water partition coefficient (Wildman–Crippen LogP) is 7.76. The zero-order valence-corrected chi connectivity index (χ0v) is 29.2. The summed E-state index contributed by atoms with van der Waals surface area (Å²) in [6.07, 6.45) is -10.6. The van der Waals surface area contributed by atoms with Gasteiger partial charge in [-0.3, -0.25) is 19.4 Å². The second-order valence-corrected chi connectivity index (χ2v) is 12.6. The van der Waals surface area contributed by atoms with Crippen LogP contribution in [0.5, 0.6) is 5.75 Å². The summed E-state index contributed by atoms with van der Waals surface area (Å²) in [6, 6.07) is -0.455. The van der Waals surface area contributed by atoms with Crippen molar-refractivity contribution in [2.24, 2.45) is 5.92 Å². The number of allylic oxidation sites excluding steroid dienone is 1. The molecule has 16 heteroatoms. The number of alkyl halides is 6. The molecule has 2 amide bonds. The lowest BCUT2D eigenvalue weighted by Crippen LogP contribution is -2.61. The highest BCUT2D eigenvalue weighted by atomic mass is 19.4. The summed E-state index contributed by atoms with van der Waals surface area (Å²) >= 11 is 0. The molecule has 2 aromatic carbocycles. The van der Waals surface area contributed by atoms with Gasteiger partial charge in [-0.1, -0.05) is 19.9 Å². The largest absolute Gasteiger partial charge is 0.496 e. The first kappa shape index (κ1) is 41.2. The molecule has 0 aromatic heterocycles. The second kappa shape index (κ2) is 16.4. The number of hydrogen-bond acceptors (Lipinski definition) is 6. The van der Waals surface area contributed by atoms with E-state index in [1.807, 2.05) is 0 Å². The van der Waals surface area contributed by atoms with Gasteiger partial charge in [0.2, 0.25) is 5.91 Å². The van der Waals surface area contributed by atoms with Gasteiger partial charge in [0.05, 0.1) is 31.7 Å². The van der Waals surface area contributed by atoms with Crippen molar-refractivity contribution in [1.29, 1.82) is 0 Å². The summed E-state index contributed by atoms with van der Waals surface area (Å²) in [6.45, 7) is 8.45. The summed E-state index contributed by atoms with van der Waals surface area (Å²) in [4.78, 5) is 40.3. The number of amides is 2. The maximum absolute atomic E-state index is 16.7. The zero-order valence-electron chi connectivity index (χ0n) is 29.2. The average molecular weight is 736 g/mol. The molecule has 282 valence electrons. The molecule has 8 nitrogen and oxygen atoms in total. The first-order valence-corrected chi connectivity index (χ1v) is 16.2. The number of rotatable bonds is 13. The molecule has 0 radical (unpaired) electrons. The third-order valence-corrected chi connectivity index (χ3v) is 8.44. The molecule has 1 saturated heterocycles. The van der Waals surface area contributed by atoms with E-state index < -0.39 is 82.5 Å². The molecule has 1 fully saturated rings. The van der Waals surface area contributed by atoms with Gasteiger partial charge in [0.25, 0.3) is 5.91 Å². The quantitative estimate of drug-likeness (QED) is 0.129. The van der Waals surface area contributed by atoms with E-state index in [-0.39, 0.29) is 48.9 Å². The van der Waals surface area contributed by atoms with Crippen LogP contribution in [0.1, 0.15) is 75.3 Å². The van der Waals surface area contributed by atoms with Gasteiger partial charge < -0.3 is 14.8 Å². The normalized spacial score (nSPS) is 15.3. The number of esters is 1. The van der Waals surface area contributed by atoms with Crippen LogP contribution < -0.4 is 10.1 Å². The molecule has 0 spiro atoms. The lowest BCUT2D eigenvalue weighted by molar-refractivity contribution is -0.167. The molecule has 51 heavy (non-hydrogen) atoms. The number of nitrogens with one attached hydrogen (secondary N) is 1. The molecule has 2 atom stereocenters. The Balaban J connectivity index is 2.30. The van der Waals surface area contributed by atoms with Gasteiger partial charge in [-0.15, -0.1) is 0 Å². The van der Waals surface area contributed by atoms with Crippen molar-refractivity contribution in [2.45, 2.75) is 85.2 Å². The minimum atomic E-state index is -5.37. The Morgan fingerprint density at radius 1 is 1.04 bits per heavy atom. The van der Waals surface area contributed by atoms with Crippen LogP contribution in [0.2, 0.25) is 0 Å². The van der Waals surface area contributed by atoms with Crippen molar-refractivity contribution in [3.8, 4) is 16.9 Å². The van der Waals surface area contributed by atoms with E-state index in [0.29, 0.717) is 31.1 Å². The van der Waals surface area contributed by atoms with E-state index in [9.17, 15) is 40.7 Å². The molecular formula is C35H41F8N3O5. The highest BCUT2D eigenvalue weighted by molar-refractivity contribution is 5.93. The zero-order chi connectivity index (χ0) is 38.6. The van der Waals surface area contributed by atoms with Crippen molar-refractivity contribution in [3.63, 3.8) is 0 Å². The summed E-state index contributed by atoms with van der Waals surface area (Å²) in [5.74, 6) is -7.34. The number of methoxy groups -OCH3 is 1. The Morgan fingerprint density at radius 3 is 2.16 bits per heavy atom. The minimum absolute atomic E-state index is 0.0566. The standard InChI is InChI=1S/C35H41F8N3O5/c1-8-51-28(48)17-24(44-33(49)25(14-18(2)3)46(45-12-9-13-45)27(47)15-20(5)34(38,39)40)30-31(36)22(16-23(32(30)37)35(41,42)43)29-19(4)10-11-26(50-7)21(29)6/h10-11,15-16,18,24-25H,8-9,12-14,17H2,1-7H3,(H,44,49)/b20-15+/t24-,25?/m0/s1. The van der Waals surface area contributed by atoms with E-state index >= 15 is 8.78 Å². The van der Waals surface area contributed by atoms with Crippen molar-refractivity contribution in [2.75, 3.05) is 26.8 Å². The van der Waals surface area contributed by atoms with Crippen LogP contribution in [0.4, 0.5) is 35.1 Å². The highest BCUT2D eigenvalue weighted by Crippen LogP contribution is 2.43. The van der Waals surface area contributed by atoms with Crippen molar-refractivity contribution in [1.82, 2.24) is 15.3 Å². The maximum Gasteiger partial charge on any atom is 0.419 e. The van der Waals surface area contributed by atoms with Crippen LogP contribution in [-0.2, 0) is 25.3 Å². The maximum atomic E-state index is 16.7. The number of hydrazine groups is 1. The summed E-state index contributed by atoms with van der Waals surface area (Å²) < 4.78 is 126. The summed E-state index contributed by atoms with van der Waals surface area (Å²) in [7, 11) is 1.29. The molecule has 2 aromatic rings. The van der Waals surface area contributed by atoms with E-state index in [4.69, 9.17) is 9.47 Å². The molecule has 3 rings (SSSR count). The number of ether oxygens (including phenoxy) is 2. The fourth-order valence-electron chi connectivity index (χ4n) is 5.80. The topological polar surface area (TPSA) is 88.2 Å². The molecule has 0 bridgehead atoms. The van der Waals surface area contributed by atoms with E-state index in [2.05, 4.69) is 5.32 Å². The summed E-state index contributed by atoms with van der Waals surface area (Å²) in [5.41, 5.74) is -4.69. The number of carbonyl (C=O) groups excluding carboxylic acids is 3. The minimum Gasteiger partial charge on any atom is -0.496 e. The van der Waals surface area contributed by atoms with Gasteiger partial charge >= 0.3 is 18.3 Å². The average Bonchev–Trinajstić information content (AvgIpc) is 2.97. The van der Waals surface area contributed by atoms with Gasteiger partial charge in [0, 0.05) is 35.9 Å². The van der Waals surface area contributed by atoms with Crippen LogP contribution in [-0.4, -0.2) is 66.8 Å². The molecule has 0 saturated carbocycles. The van der Waals surface area contributed by atoms with Crippen LogP contribution in [0.15, 0.2) is 29.8 Å². The van der Waals surface area contributed by atoms with Gasteiger partial charge in [0.1, 0.15) is 23.4 Å². The third kappa shape index (κ3) is 9.57. The number of halogens is 8. The lowest BCUT2D eigenvalue weighted by Gasteiger charge is -2.44. The number of nitrogens with zero attached hydrogens (tertiary/aromatic N) is 2. The van der Waals surface area contributed by atoms with Crippen molar-refractivity contribution < 1.29 is 59.0 Å². The van der Waals surface area contributed by atoms with E-state index in [1.54, 1.807) is 13.8 Å². The van der Waals surface area contributed by atoms with Gasteiger partial charge in [-0.2, -0.15) is 26.3 Å². The monoisotopic (exact) mass is 735 g/mol. The number of hydrogen-bond donors (Lipinski definition) is 1.